The molecule has 0 N–H and O–H groups in total. The van der Waals surface area contributed by atoms with Crippen molar-refractivity contribution in [2.45, 2.75) is 39.5 Å². The zero-order chi connectivity index (χ0) is 17.5. The summed E-state index contributed by atoms with van der Waals surface area (Å²) in [6, 6.07) is 6.84. The maximum Gasteiger partial charge on any atom is 0.292 e. The molecule has 1 aliphatic rings. The van der Waals surface area contributed by atoms with E-state index in [0.717, 1.165) is 38.8 Å². The first-order valence-corrected chi connectivity index (χ1v) is 8.85. The number of carbonyl (C=O) groups excluding carboxylic acids is 1. The predicted molar refractivity (Wildman–Crippen MR) is 95.2 cm³/mol. The van der Waals surface area contributed by atoms with E-state index >= 15 is 0 Å². The van der Waals surface area contributed by atoms with Crippen LogP contribution >= 0.6 is 0 Å². The number of carbonyl (C=O) groups is 1. The molecule has 0 unspecified atom stereocenters. The minimum absolute atomic E-state index is 0.0436. The molecule has 1 aliphatic heterocycles. The van der Waals surface area contributed by atoms with Crippen molar-refractivity contribution in [3.8, 4) is 0 Å². The second-order valence-corrected chi connectivity index (χ2v) is 6.33. The summed E-state index contributed by atoms with van der Waals surface area (Å²) in [5, 5.41) is 11.2. The van der Waals surface area contributed by atoms with Gasteiger partial charge < -0.3 is 9.80 Å². The van der Waals surface area contributed by atoms with E-state index in [9.17, 15) is 14.9 Å². The summed E-state index contributed by atoms with van der Waals surface area (Å²) in [7, 11) is 0. The lowest BCUT2D eigenvalue weighted by Crippen LogP contribution is -2.43. The molecule has 1 amide bonds. The van der Waals surface area contributed by atoms with Crippen LogP contribution in [0.3, 0.4) is 0 Å². The van der Waals surface area contributed by atoms with Crippen LogP contribution in [0, 0.1) is 16.0 Å². The standard InChI is InChI=1S/C18H27N3O3/c1-3-11-20(12-4-2)18(22)15-9-13-19(14-10-15)16-7-5-6-8-17(16)21(23)24/h5-8,15H,3-4,9-14H2,1-2H3. The molecule has 1 aromatic carbocycles. The molecule has 0 spiro atoms. The van der Waals surface area contributed by atoms with Crippen molar-refractivity contribution >= 4 is 17.3 Å². The number of benzene rings is 1. The SMILES string of the molecule is CCCN(CCC)C(=O)C1CCN(c2ccccc2[N+](=O)[O-])CC1. The van der Waals surface area contributed by atoms with E-state index in [0.29, 0.717) is 18.8 Å². The molecule has 6 heteroatoms. The highest BCUT2D eigenvalue weighted by atomic mass is 16.6. The summed E-state index contributed by atoms with van der Waals surface area (Å²) in [6.45, 7) is 7.19. The maximum absolute atomic E-state index is 12.7. The van der Waals surface area contributed by atoms with Crippen LogP contribution in [0.15, 0.2) is 24.3 Å². The van der Waals surface area contributed by atoms with E-state index in [1.807, 2.05) is 15.9 Å². The van der Waals surface area contributed by atoms with Crippen LogP contribution in [0.2, 0.25) is 0 Å². The average Bonchev–Trinajstić information content (AvgIpc) is 2.61. The molecule has 2 rings (SSSR count). The lowest BCUT2D eigenvalue weighted by atomic mass is 9.94. The molecule has 0 bridgehead atoms. The third kappa shape index (κ3) is 4.24. The highest BCUT2D eigenvalue weighted by Gasteiger charge is 2.30. The molecular weight excluding hydrogens is 306 g/mol. The van der Waals surface area contributed by atoms with Crippen molar-refractivity contribution in [1.29, 1.82) is 0 Å². The summed E-state index contributed by atoms with van der Waals surface area (Å²) >= 11 is 0. The molecule has 1 heterocycles. The minimum Gasteiger partial charge on any atom is -0.366 e. The topological polar surface area (TPSA) is 66.7 Å². The summed E-state index contributed by atoms with van der Waals surface area (Å²) < 4.78 is 0. The molecule has 132 valence electrons. The Morgan fingerprint density at radius 3 is 2.33 bits per heavy atom. The van der Waals surface area contributed by atoms with Crippen molar-refractivity contribution in [1.82, 2.24) is 4.90 Å². The Balaban J connectivity index is 2.01. The molecule has 1 fully saturated rings. The fourth-order valence-electron chi connectivity index (χ4n) is 3.38. The average molecular weight is 333 g/mol. The van der Waals surface area contributed by atoms with Crippen LogP contribution in [0.25, 0.3) is 0 Å². The van der Waals surface area contributed by atoms with Gasteiger partial charge in [0.1, 0.15) is 5.69 Å². The van der Waals surface area contributed by atoms with E-state index in [2.05, 4.69) is 13.8 Å². The quantitative estimate of drug-likeness (QED) is 0.566. The van der Waals surface area contributed by atoms with Crippen LogP contribution < -0.4 is 4.90 Å². The Morgan fingerprint density at radius 2 is 1.79 bits per heavy atom. The van der Waals surface area contributed by atoms with Crippen molar-refractivity contribution in [2.24, 2.45) is 5.92 Å². The van der Waals surface area contributed by atoms with Crippen LogP contribution in [0.4, 0.5) is 11.4 Å². The Bertz CT molecular complexity index is 562. The summed E-state index contributed by atoms with van der Waals surface area (Å²) in [5.41, 5.74) is 0.799. The monoisotopic (exact) mass is 333 g/mol. The third-order valence-electron chi connectivity index (χ3n) is 4.56. The molecule has 0 aliphatic carbocycles. The van der Waals surface area contributed by atoms with Gasteiger partial charge in [-0.25, -0.2) is 0 Å². The number of rotatable bonds is 7. The van der Waals surface area contributed by atoms with Gasteiger partial charge in [0.25, 0.3) is 5.69 Å². The van der Waals surface area contributed by atoms with Gasteiger partial charge >= 0.3 is 0 Å². The number of hydrogen-bond donors (Lipinski definition) is 0. The number of para-hydroxylation sites is 2. The van der Waals surface area contributed by atoms with Gasteiger partial charge in [0.15, 0.2) is 0 Å². The zero-order valence-corrected chi connectivity index (χ0v) is 14.6. The van der Waals surface area contributed by atoms with Gasteiger partial charge in [-0.3, -0.25) is 14.9 Å². The van der Waals surface area contributed by atoms with Gasteiger partial charge in [0.05, 0.1) is 4.92 Å². The summed E-state index contributed by atoms with van der Waals surface area (Å²) in [4.78, 5) is 27.6. The smallest absolute Gasteiger partial charge is 0.292 e. The van der Waals surface area contributed by atoms with Gasteiger partial charge in [-0.05, 0) is 31.7 Å². The van der Waals surface area contributed by atoms with Gasteiger partial charge in [-0.15, -0.1) is 0 Å². The highest BCUT2D eigenvalue weighted by molar-refractivity contribution is 5.79. The molecule has 0 radical (unpaired) electrons. The zero-order valence-electron chi connectivity index (χ0n) is 14.6. The fraction of sp³-hybridized carbons (Fsp3) is 0.611. The first-order chi connectivity index (χ1) is 11.6. The second kappa shape index (κ2) is 8.66. The largest absolute Gasteiger partial charge is 0.366 e. The van der Waals surface area contributed by atoms with Crippen molar-refractivity contribution in [3.05, 3.63) is 34.4 Å². The molecule has 0 aromatic heterocycles. The Hall–Kier alpha value is -2.11. The molecule has 1 saturated heterocycles. The van der Waals surface area contributed by atoms with Gasteiger partial charge in [0.2, 0.25) is 5.91 Å². The third-order valence-corrected chi connectivity index (χ3v) is 4.56. The van der Waals surface area contributed by atoms with Gasteiger partial charge in [0, 0.05) is 38.2 Å². The Morgan fingerprint density at radius 1 is 1.21 bits per heavy atom. The van der Waals surface area contributed by atoms with Crippen molar-refractivity contribution < 1.29 is 9.72 Å². The lowest BCUT2D eigenvalue weighted by molar-refractivity contribution is -0.384. The van der Waals surface area contributed by atoms with E-state index in [4.69, 9.17) is 0 Å². The fourth-order valence-corrected chi connectivity index (χ4v) is 3.38. The molecule has 24 heavy (non-hydrogen) atoms. The number of nitro groups is 1. The van der Waals surface area contributed by atoms with Crippen LogP contribution in [0.1, 0.15) is 39.5 Å². The van der Waals surface area contributed by atoms with Crippen LogP contribution in [-0.2, 0) is 4.79 Å². The minimum atomic E-state index is -0.337. The number of amides is 1. The van der Waals surface area contributed by atoms with Crippen LogP contribution in [0.5, 0.6) is 0 Å². The Labute approximate surface area is 143 Å². The molecule has 6 nitrogen and oxygen atoms in total. The normalized spacial score (nSPS) is 15.3. The number of anilines is 1. The molecule has 1 aromatic rings. The van der Waals surface area contributed by atoms with Crippen molar-refractivity contribution in [2.75, 3.05) is 31.1 Å². The molecular formula is C18H27N3O3. The number of nitrogens with zero attached hydrogens (tertiary/aromatic N) is 3. The van der Waals surface area contributed by atoms with E-state index in [1.54, 1.807) is 12.1 Å². The molecule has 0 atom stereocenters. The van der Waals surface area contributed by atoms with Crippen molar-refractivity contribution in [3.63, 3.8) is 0 Å². The van der Waals surface area contributed by atoms with Gasteiger partial charge in [-0.2, -0.15) is 0 Å². The van der Waals surface area contributed by atoms with E-state index in [1.165, 1.54) is 6.07 Å². The second-order valence-electron chi connectivity index (χ2n) is 6.33. The summed E-state index contributed by atoms with van der Waals surface area (Å²) in [5.74, 6) is 0.294. The number of piperidine rings is 1. The predicted octanol–water partition coefficient (Wildman–Crippen LogP) is 3.46. The highest BCUT2D eigenvalue weighted by Crippen LogP contribution is 2.31. The Kier molecular flexibility index (Phi) is 6.58. The van der Waals surface area contributed by atoms with Crippen LogP contribution in [-0.4, -0.2) is 41.9 Å². The lowest BCUT2D eigenvalue weighted by Gasteiger charge is -2.35. The van der Waals surface area contributed by atoms with E-state index in [-0.39, 0.29) is 22.4 Å². The number of hydrogen-bond acceptors (Lipinski definition) is 4. The number of nitro benzene ring substituents is 1. The molecule has 0 saturated carbocycles. The van der Waals surface area contributed by atoms with Gasteiger partial charge in [-0.1, -0.05) is 26.0 Å². The maximum atomic E-state index is 12.7. The first kappa shape index (κ1) is 18.2. The summed E-state index contributed by atoms with van der Waals surface area (Å²) in [6.07, 6.45) is 3.46. The van der Waals surface area contributed by atoms with E-state index < -0.39 is 0 Å². The first-order valence-electron chi connectivity index (χ1n) is 8.85.